The second-order valence-electron chi connectivity index (χ2n) is 5.83. The van der Waals surface area contributed by atoms with Crippen molar-refractivity contribution in [3.8, 4) is 0 Å². The zero-order valence-corrected chi connectivity index (χ0v) is 12.4. The number of aromatic nitrogens is 1. The second-order valence-corrected chi connectivity index (χ2v) is 6.90. The first-order chi connectivity index (χ1) is 8.80. The highest BCUT2D eigenvalue weighted by molar-refractivity contribution is 7.22. The molecule has 2 N–H and O–H groups in total. The Morgan fingerprint density at radius 1 is 1.16 bits per heavy atom. The Kier molecular flexibility index (Phi) is 2.68. The summed E-state index contributed by atoms with van der Waals surface area (Å²) in [5.41, 5.74) is 6.93. The van der Waals surface area contributed by atoms with Gasteiger partial charge in [0.15, 0.2) is 5.13 Å². The van der Waals surface area contributed by atoms with Crippen molar-refractivity contribution >= 4 is 39.3 Å². The molecule has 1 fully saturated rings. The molecule has 0 saturated carbocycles. The number of hydrogen-bond donors (Lipinski definition) is 1. The Bertz CT molecular complexity index is 623. The molecule has 0 unspecified atom stereocenters. The van der Waals surface area contributed by atoms with Gasteiger partial charge in [-0.15, -0.1) is 0 Å². The Labute approximate surface area is 117 Å². The Hall–Kier alpha value is -1.11. The molecule has 1 aliphatic rings. The molecule has 1 aromatic heterocycles. The Balaban J connectivity index is 2.07. The highest BCUT2D eigenvalue weighted by Crippen LogP contribution is 2.37. The summed E-state index contributed by atoms with van der Waals surface area (Å²) in [5.74, 6) is 0. The van der Waals surface area contributed by atoms with E-state index in [-0.39, 0.29) is 11.2 Å². The minimum absolute atomic E-state index is 0.346. The summed E-state index contributed by atoms with van der Waals surface area (Å²) in [7, 11) is -0.393. The van der Waals surface area contributed by atoms with Gasteiger partial charge in [-0.05, 0) is 33.8 Å². The molecule has 3 rings (SSSR count). The number of fused-ring (bicyclic) bond motifs is 1. The molecule has 2 heterocycles. The normalized spacial score (nSPS) is 21.2. The van der Waals surface area contributed by atoms with Crippen molar-refractivity contribution in [3.63, 3.8) is 0 Å². The van der Waals surface area contributed by atoms with Crippen LogP contribution in [0.3, 0.4) is 0 Å². The van der Waals surface area contributed by atoms with Crippen molar-refractivity contribution in [2.24, 2.45) is 0 Å². The van der Waals surface area contributed by atoms with E-state index in [0.29, 0.717) is 5.13 Å². The van der Waals surface area contributed by atoms with Gasteiger partial charge in [-0.2, -0.15) is 0 Å². The van der Waals surface area contributed by atoms with Gasteiger partial charge in [0.1, 0.15) is 0 Å². The summed E-state index contributed by atoms with van der Waals surface area (Å²) in [6.07, 6.45) is 0. The van der Waals surface area contributed by atoms with Gasteiger partial charge in [-0.25, -0.2) is 4.98 Å². The lowest BCUT2D eigenvalue weighted by atomic mass is 9.78. The molecule has 0 radical (unpaired) electrons. The van der Waals surface area contributed by atoms with Crippen LogP contribution in [0.5, 0.6) is 0 Å². The zero-order valence-electron chi connectivity index (χ0n) is 11.6. The van der Waals surface area contributed by atoms with Crippen LogP contribution < -0.4 is 11.2 Å². The van der Waals surface area contributed by atoms with Crippen LogP contribution in [-0.4, -0.2) is 23.3 Å². The van der Waals surface area contributed by atoms with Gasteiger partial charge < -0.3 is 15.0 Å². The number of benzene rings is 1. The third-order valence-corrected chi connectivity index (χ3v) is 4.82. The number of hydrogen-bond acceptors (Lipinski definition) is 5. The number of nitrogen functional groups attached to an aromatic ring is 1. The number of thiazole rings is 1. The summed E-state index contributed by atoms with van der Waals surface area (Å²) in [4.78, 5) is 4.39. The van der Waals surface area contributed by atoms with Gasteiger partial charge in [-0.3, -0.25) is 0 Å². The predicted octanol–water partition coefficient (Wildman–Crippen LogP) is 2.18. The van der Waals surface area contributed by atoms with Gasteiger partial charge >= 0.3 is 7.12 Å². The lowest BCUT2D eigenvalue weighted by Gasteiger charge is -2.32. The third-order valence-electron chi connectivity index (χ3n) is 3.97. The zero-order chi connectivity index (χ0) is 13.8. The van der Waals surface area contributed by atoms with E-state index < -0.39 is 7.12 Å². The summed E-state index contributed by atoms with van der Waals surface area (Å²) < 4.78 is 13.2. The molecule has 2 aromatic rings. The smallest absolute Gasteiger partial charge is 0.399 e. The largest absolute Gasteiger partial charge is 0.497 e. The van der Waals surface area contributed by atoms with E-state index in [0.717, 1.165) is 15.7 Å². The molecule has 0 spiro atoms. The quantitative estimate of drug-likeness (QED) is 0.811. The molecular weight excluding hydrogens is 259 g/mol. The predicted molar refractivity (Wildman–Crippen MR) is 79.7 cm³/mol. The van der Waals surface area contributed by atoms with Crippen LogP contribution in [-0.2, 0) is 9.31 Å². The van der Waals surface area contributed by atoms with Gasteiger partial charge in [0.25, 0.3) is 0 Å². The number of nitrogens with two attached hydrogens (primary N) is 1. The standard InChI is InChI=1S/C13H17BN2O2S/c1-12(2)13(3,4)18-14(17-12)8-6-5-7-9-10(8)16-11(15)19-9/h5-7H,1-4H3,(H2,15,16). The molecular formula is C13H17BN2O2S. The minimum Gasteiger partial charge on any atom is -0.399 e. The fourth-order valence-corrected chi connectivity index (χ4v) is 2.92. The molecule has 0 amide bonds. The van der Waals surface area contributed by atoms with Crippen LogP contribution in [0.15, 0.2) is 18.2 Å². The molecule has 6 heteroatoms. The first kappa shape index (κ1) is 12.9. The highest BCUT2D eigenvalue weighted by Gasteiger charge is 2.52. The van der Waals surface area contributed by atoms with Gasteiger partial charge in [0.2, 0.25) is 0 Å². The van der Waals surface area contributed by atoms with Crippen molar-refractivity contribution < 1.29 is 9.31 Å². The van der Waals surface area contributed by atoms with Gasteiger partial charge in [0.05, 0.1) is 21.4 Å². The second kappa shape index (κ2) is 3.94. The van der Waals surface area contributed by atoms with Crippen molar-refractivity contribution in [2.45, 2.75) is 38.9 Å². The van der Waals surface area contributed by atoms with Crippen LogP contribution in [0.1, 0.15) is 27.7 Å². The van der Waals surface area contributed by atoms with E-state index in [1.54, 1.807) is 0 Å². The van der Waals surface area contributed by atoms with E-state index in [2.05, 4.69) is 4.98 Å². The van der Waals surface area contributed by atoms with Crippen LogP contribution in [0, 0.1) is 0 Å². The van der Waals surface area contributed by atoms with Gasteiger partial charge in [0, 0.05) is 5.46 Å². The molecule has 1 saturated heterocycles. The SMILES string of the molecule is CC1(C)OB(c2cccc3sc(N)nc23)OC1(C)C. The molecule has 0 aliphatic carbocycles. The van der Waals surface area contributed by atoms with E-state index >= 15 is 0 Å². The number of nitrogens with zero attached hydrogens (tertiary/aromatic N) is 1. The average Bonchev–Trinajstić information content (AvgIpc) is 2.75. The van der Waals surface area contributed by atoms with Crippen LogP contribution >= 0.6 is 11.3 Å². The minimum atomic E-state index is -0.393. The summed E-state index contributed by atoms with van der Waals surface area (Å²) in [5, 5.41) is 0.568. The lowest BCUT2D eigenvalue weighted by Crippen LogP contribution is -2.41. The molecule has 4 nitrogen and oxygen atoms in total. The average molecular weight is 276 g/mol. The Morgan fingerprint density at radius 2 is 1.79 bits per heavy atom. The van der Waals surface area contributed by atoms with E-state index in [1.165, 1.54) is 11.3 Å². The Morgan fingerprint density at radius 3 is 2.42 bits per heavy atom. The summed E-state index contributed by atoms with van der Waals surface area (Å²) >= 11 is 1.48. The van der Waals surface area contributed by atoms with Crippen LogP contribution in [0.2, 0.25) is 0 Å². The van der Waals surface area contributed by atoms with Crippen molar-refractivity contribution in [1.29, 1.82) is 0 Å². The van der Waals surface area contributed by atoms with E-state index in [1.807, 2.05) is 45.9 Å². The number of para-hydroxylation sites is 1. The van der Waals surface area contributed by atoms with Gasteiger partial charge in [-0.1, -0.05) is 23.5 Å². The molecule has 0 atom stereocenters. The topological polar surface area (TPSA) is 57.4 Å². The monoisotopic (exact) mass is 276 g/mol. The molecule has 1 aromatic carbocycles. The molecule has 100 valence electrons. The first-order valence-corrected chi connectivity index (χ1v) is 7.12. The lowest BCUT2D eigenvalue weighted by molar-refractivity contribution is 0.00578. The highest BCUT2D eigenvalue weighted by atomic mass is 32.1. The third kappa shape index (κ3) is 1.95. The maximum atomic E-state index is 6.07. The van der Waals surface area contributed by atoms with E-state index in [4.69, 9.17) is 15.0 Å². The molecule has 19 heavy (non-hydrogen) atoms. The van der Waals surface area contributed by atoms with Crippen molar-refractivity contribution in [3.05, 3.63) is 18.2 Å². The fourth-order valence-electron chi connectivity index (χ4n) is 2.15. The van der Waals surface area contributed by atoms with Crippen LogP contribution in [0.4, 0.5) is 5.13 Å². The number of anilines is 1. The molecule has 1 aliphatic heterocycles. The number of rotatable bonds is 1. The summed E-state index contributed by atoms with van der Waals surface area (Å²) in [6.45, 7) is 8.18. The fraction of sp³-hybridized carbons (Fsp3) is 0.462. The van der Waals surface area contributed by atoms with Crippen LogP contribution in [0.25, 0.3) is 10.2 Å². The first-order valence-electron chi connectivity index (χ1n) is 6.31. The van der Waals surface area contributed by atoms with Crippen molar-refractivity contribution in [2.75, 3.05) is 5.73 Å². The van der Waals surface area contributed by atoms with E-state index in [9.17, 15) is 0 Å². The molecule has 0 bridgehead atoms. The maximum absolute atomic E-state index is 6.07. The summed E-state index contributed by atoms with van der Waals surface area (Å²) in [6, 6.07) is 5.99. The van der Waals surface area contributed by atoms with Crippen molar-refractivity contribution in [1.82, 2.24) is 4.98 Å². The maximum Gasteiger partial charge on any atom is 0.497 e.